The first kappa shape index (κ1) is 13.8. The Bertz CT molecular complexity index is 376. The Morgan fingerprint density at radius 1 is 1.35 bits per heavy atom. The van der Waals surface area contributed by atoms with Crippen LogP contribution in [0.3, 0.4) is 0 Å². The van der Waals surface area contributed by atoms with Crippen molar-refractivity contribution in [3.8, 4) is 5.75 Å². The van der Waals surface area contributed by atoms with Crippen LogP contribution in [0.5, 0.6) is 5.75 Å². The van der Waals surface area contributed by atoms with Crippen molar-refractivity contribution in [1.82, 2.24) is 0 Å². The molecular weight excluding hydrogens is 238 g/mol. The first-order valence-corrected chi connectivity index (χ1v) is 5.04. The summed E-state index contributed by atoms with van der Waals surface area (Å²) in [7, 11) is 0. The van der Waals surface area contributed by atoms with Gasteiger partial charge in [-0.25, -0.2) is 4.39 Å². The minimum Gasteiger partial charge on any atom is -0.490 e. The van der Waals surface area contributed by atoms with Crippen molar-refractivity contribution in [2.75, 3.05) is 6.61 Å². The van der Waals surface area contributed by atoms with Gasteiger partial charge in [-0.1, -0.05) is 6.07 Å². The van der Waals surface area contributed by atoms with Gasteiger partial charge < -0.3 is 10.5 Å². The highest BCUT2D eigenvalue weighted by atomic mass is 19.4. The fourth-order valence-electron chi connectivity index (χ4n) is 1.19. The molecule has 0 saturated heterocycles. The molecular formula is C11H13F4NO. The quantitative estimate of drug-likeness (QED) is 0.834. The van der Waals surface area contributed by atoms with Crippen molar-refractivity contribution >= 4 is 0 Å². The smallest absolute Gasteiger partial charge is 0.392 e. The number of hydrogen-bond acceptors (Lipinski definition) is 2. The summed E-state index contributed by atoms with van der Waals surface area (Å²) >= 11 is 0. The fourth-order valence-corrected chi connectivity index (χ4v) is 1.19. The predicted molar refractivity (Wildman–Crippen MR) is 55.2 cm³/mol. The van der Waals surface area contributed by atoms with Crippen molar-refractivity contribution in [3.63, 3.8) is 0 Å². The highest BCUT2D eigenvalue weighted by molar-refractivity contribution is 5.30. The van der Waals surface area contributed by atoms with Crippen LogP contribution in [-0.2, 0) is 0 Å². The highest BCUT2D eigenvalue weighted by Crippen LogP contribution is 2.23. The van der Waals surface area contributed by atoms with Crippen molar-refractivity contribution in [3.05, 3.63) is 29.6 Å². The Balaban J connectivity index is 2.61. The molecule has 0 aliphatic heterocycles. The molecule has 0 aliphatic rings. The van der Waals surface area contributed by atoms with Gasteiger partial charge in [-0.05, 0) is 24.6 Å². The SMILES string of the molecule is C[C@H](N)c1ccc(OCCC(F)(F)F)c(F)c1. The van der Waals surface area contributed by atoms with Crippen LogP contribution in [0.25, 0.3) is 0 Å². The van der Waals surface area contributed by atoms with E-state index in [0.717, 1.165) is 6.07 Å². The van der Waals surface area contributed by atoms with Gasteiger partial charge in [0, 0.05) is 6.04 Å². The van der Waals surface area contributed by atoms with Gasteiger partial charge in [0.15, 0.2) is 11.6 Å². The second-order valence-electron chi connectivity index (χ2n) is 3.69. The summed E-state index contributed by atoms with van der Waals surface area (Å²) in [6.45, 7) is 1.08. The molecule has 17 heavy (non-hydrogen) atoms. The third kappa shape index (κ3) is 4.60. The maximum atomic E-state index is 13.4. The summed E-state index contributed by atoms with van der Waals surface area (Å²) in [6.07, 6.45) is -5.41. The van der Waals surface area contributed by atoms with E-state index in [9.17, 15) is 17.6 Å². The topological polar surface area (TPSA) is 35.2 Å². The average molecular weight is 251 g/mol. The Labute approximate surface area is 96.4 Å². The number of hydrogen-bond donors (Lipinski definition) is 1. The molecule has 1 atom stereocenters. The van der Waals surface area contributed by atoms with Gasteiger partial charge in [0.1, 0.15) is 0 Å². The molecule has 0 radical (unpaired) electrons. The van der Waals surface area contributed by atoms with Crippen LogP contribution in [0.4, 0.5) is 17.6 Å². The van der Waals surface area contributed by atoms with Gasteiger partial charge in [0.25, 0.3) is 0 Å². The van der Waals surface area contributed by atoms with Gasteiger partial charge in [-0.2, -0.15) is 13.2 Å². The van der Waals surface area contributed by atoms with E-state index in [4.69, 9.17) is 10.5 Å². The summed E-state index contributed by atoms with van der Waals surface area (Å²) in [5.41, 5.74) is 6.09. The van der Waals surface area contributed by atoms with Crippen LogP contribution in [-0.4, -0.2) is 12.8 Å². The number of rotatable bonds is 4. The first-order valence-electron chi connectivity index (χ1n) is 5.04. The van der Waals surface area contributed by atoms with Crippen LogP contribution in [0, 0.1) is 5.82 Å². The van der Waals surface area contributed by atoms with Crippen LogP contribution in [0.2, 0.25) is 0 Å². The van der Waals surface area contributed by atoms with Gasteiger partial charge in [-0.15, -0.1) is 0 Å². The molecule has 0 bridgehead atoms. The summed E-state index contributed by atoms with van der Waals surface area (Å²) in [5.74, 6) is -0.902. The molecule has 1 aromatic carbocycles. The largest absolute Gasteiger partial charge is 0.490 e. The normalized spacial score (nSPS) is 13.5. The van der Waals surface area contributed by atoms with Gasteiger partial charge in [0.05, 0.1) is 13.0 Å². The van der Waals surface area contributed by atoms with E-state index in [1.54, 1.807) is 6.92 Å². The summed E-state index contributed by atoms with van der Waals surface area (Å²) < 4.78 is 53.6. The standard InChI is InChI=1S/C11H13F4NO/c1-7(16)8-2-3-10(9(12)6-8)17-5-4-11(13,14)15/h2-3,6-7H,4-5,16H2,1H3/t7-/m0/s1. The van der Waals surface area contributed by atoms with Crippen molar-refractivity contribution < 1.29 is 22.3 Å². The maximum absolute atomic E-state index is 13.4. The predicted octanol–water partition coefficient (Wildman–Crippen LogP) is 3.18. The highest BCUT2D eigenvalue weighted by Gasteiger charge is 2.27. The average Bonchev–Trinajstić information content (AvgIpc) is 2.18. The van der Waals surface area contributed by atoms with Crippen LogP contribution in [0.1, 0.15) is 24.9 Å². The van der Waals surface area contributed by atoms with Crippen molar-refractivity contribution in [2.45, 2.75) is 25.6 Å². The van der Waals surface area contributed by atoms with Crippen LogP contribution < -0.4 is 10.5 Å². The molecule has 1 aromatic rings. The second kappa shape index (κ2) is 5.35. The molecule has 0 unspecified atom stereocenters. The zero-order valence-electron chi connectivity index (χ0n) is 9.22. The van der Waals surface area contributed by atoms with E-state index in [0.29, 0.717) is 5.56 Å². The van der Waals surface area contributed by atoms with Gasteiger partial charge in [-0.3, -0.25) is 0 Å². The molecule has 6 heteroatoms. The number of benzene rings is 1. The molecule has 0 aromatic heterocycles. The Morgan fingerprint density at radius 3 is 2.47 bits per heavy atom. The fraction of sp³-hybridized carbons (Fsp3) is 0.455. The first-order chi connectivity index (χ1) is 7.79. The van der Waals surface area contributed by atoms with E-state index in [1.807, 2.05) is 0 Å². The second-order valence-corrected chi connectivity index (χ2v) is 3.69. The molecule has 0 spiro atoms. The zero-order valence-corrected chi connectivity index (χ0v) is 9.22. The van der Waals surface area contributed by atoms with E-state index in [1.165, 1.54) is 12.1 Å². The molecule has 0 saturated carbocycles. The summed E-state index contributed by atoms with van der Waals surface area (Å²) in [6, 6.07) is 3.63. The van der Waals surface area contributed by atoms with E-state index in [2.05, 4.69) is 0 Å². The molecule has 2 N–H and O–H groups in total. The van der Waals surface area contributed by atoms with Crippen molar-refractivity contribution in [1.29, 1.82) is 0 Å². The van der Waals surface area contributed by atoms with E-state index in [-0.39, 0.29) is 11.8 Å². The lowest BCUT2D eigenvalue weighted by Gasteiger charge is -2.11. The van der Waals surface area contributed by atoms with E-state index >= 15 is 0 Å². The van der Waals surface area contributed by atoms with Crippen molar-refractivity contribution in [2.24, 2.45) is 5.73 Å². The monoisotopic (exact) mass is 251 g/mol. The zero-order chi connectivity index (χ0) is 13.1. The lowest BCUT2D eigenvalue weighted by atomic mass is 10.1. The Morgan fingerprint density at radius 2 is 2.00 bits per heavy atom. The van der Waals surface area contributed by atoms with E-state index < -0.39 is 25.0 Å². The van der Waals surface area contributed by atoms with Crippen LogP contribution in [0.15, 0.2) is 18.2 Å². The molecule has 1 rings (SSSR count). The minimum absolute atomic E-state index is 0.196. The van der Waals surface area contributed by atoms with Gasteiger partial charge in [0.2, 0.25) is 0 Å². The number of ether oxygens (including phenoxy) is 1. The third-order valence-corrected chi connectivity index (χ3v) is 2.12. The van der Waals surface area contributed by atoms with Gasteiger partial charge >= 0.3 is 6.18 Å². The molecule has 2 nitrogen and oxygen atoms in total. The lowest BCUT2D eigenvalue weighted by molar-refractivity contribution is -0.139. The summed E-state index contributed by atoms with van der Waals surface area (Å²) in [5, 5.41) is 0. The molecule has 0 heterocycles. The Hall–Kier alpha value is -1.30. The summed E-state index contributed by atoms with van der Waals surface area (Å²) in [4.78, 5) is 0. The number of nitrogens with two attached hydrogens (primary N) is 1. The molecule has 0 amide bonds. The minimum atomic E-state index is -4.30. The molecule has 0 aliphatic carbocycles. The number of alkyl halides is 3. The third-order valence-electron chi connectivity index (χ3n) is 2.12. The molecule has 0 fully saturated rings. The number of halogens is 4. The maximum Gasteiger partial charge on any atom is 0.392 e. The van der Waals surface area contributed by atoms with Crippen LogP contribution >= 0.6 is 0 Å². The lowest BCUT2D eigenvalue weighted by Crippen LogP contribution is -2.13. The molecule has 96 valence electrons. The Kier molecular flexibility index (Phi) is 4.34.